The summed E-state index contributed by atoms with van der Waals surface area (Å²) in [5, 5.41) is 3.59. The third-order valence-electron chi connectivity index (χ3n) is 3.60. The van der Waals surface area contributed by atoms with Gasteiger partial charge in [-0.15, -0.1) is 0 Å². The smallest absolute Gasteiger partial charge is 0.0399 e. The van der Waals surface area contributed by atoms with Crippen LogP contribution in [0.25, 0.3) is 0 Å². The van der Waals surface area contributed by atoms with Gasteiger partial charge in [0.05, 0.1) is 0 Å². The van der Waals surface area contributed by atoms with E-state index in [0.717, 1.165) is 19.1 Å². The minimum Gasteiger partial charge on any atom is -0.370 e. The van der Waals surface area contributed by atoms with Gasteiger partial charge in [-0.1, -0.05) is 18.2 Å². The molecule has 1 aliphatic carbocycles. The van der Waals surface area contributed by atoms with Crippen LogP contribution in [0.3, 0.4) is 0 Å². The van der Waals surface area contributed by atoms with Crippen molar-refractivity contribution in [1.29, 1.82) is 0 Å². The van der Waals surface area contributed by atoms with Crippen LogP contribution in [0, 0.1) is 0 Å². The first-order chi connectivity index (χ1) is 7.93. The SMILES string of the molecule is c1ccc2c(c1)CCCN2CCNC1CC1. The first kappa shape index (κ1) is 10.2. The zero-order valence-electron chi connectivity index (χ0n) is 9.78. The first-order valence-corrected chi connectivity index (χ1v) is 6.50. The molecule has 0 aromatic heterocycles. The van der Waals surface area contributed by atoms with E-state index in [9.17, 15) is 0 Å². The third-order valence-corrected chi connectivity index (χ3v) is 3.60. The third kappa shape index (κ3) is 2.22. The number of nitrogens with one attached hydrogen (secondary N) is 1. The summed E-state index contributed by atoms with van der Waals surface area (Å²) in [5.41, 5.74) is 2.99. The molecule has 2 nitrogen and oxygen atoms in total. The van der Waals surface area contributed by atoms with Crippen LogP contribution in [0.2, 0.25) is 0 Å². The van der Waals surface area contributed by atoms with Crippen LogP contribution in [0.4, 0.5) is 5.69 Å². The lowest BCUT2D eigenvalue weighted by Gasteiger charge is -2.31. The van der Waals surface area contributed by atoms with Crippen molar-refractivity contribution in [3.8, 4) is 0 Å². The maximum atomic E-state index is 3.59. The second-order valence-corrected chi connectivity index (χ2v) is 4.95. The summed E-state index contributed by atoms with van der Waals surface area (Å²) < 4.78 is 0. The number of benzene rings is 1. The molecule has 0 radical (unpaired) electrons. The monoisotopic (exact) mass is 216 g/mol. The fourth-order valence-corrected chi connectivity index (χ4v) is 2.53. The Balaban J connectivity index is 1.62. The van der Waals surface area contributed by atoms with Crippen LogP contribution in [0.15, 0.2) is 24.3 Å². The molecule has 0 saturated heterocycles. The Morgan fingerprint density at radius 2 is 2.12 bits per heavy atom. The second kappa shape index (κ2) is 4.46. The van der Waals surface area contributed by atoms with Gasteiger partial charge in [0.25, 0.3) is 0 Å². The maximum absolute atomic E-state index is 3.59. The number of anilines is 1. The van der Waals surface area contributed by atoms with Gasteiger partial charge < -0.3 is 10.2 Å². The van der Waals surface area contributed by atoms with Crippen molar-refractivity contribution >= 4 is 5.69 Å². The van der Waals surface area contributed by atoms with E-state index < -0.39 is 0 Å². The predicted octanol–water partition coefficient (Wildman–Crippen LogP) is 2.19. The van der Waals surface area contributed by atoms with E-state index in [-0.39, 0.29) is 0 Å². The van der Waals surface area contributed by atoms with E-state index in [1.165, 1.54) is 43.5 Å². The number of rotatable bonds is 4. The lowest BCUT2D eigenvalue weighted by atomic mass is 10.0. The van der Waals surface area contributed by atoms with Gasteiger partial charge in [-0.25, -0.2) is 0 Å². The summed E-state index contributed by atoms with van der Waals surface area (Å²) in [4.78, 5) is 2.54. The summed E-state index contributed by atoms with van der Waals surface area (Å²) >= 11 is 0. The highest BCUT2D eigenvalue weighted by atomic mass is 15.2. The minimum atomic E-state index is 0.833. The van der Waals surface area contributed by atoms with Crippen LogP contribution in [-0.2, 0) is 6.42 Å². The molecule has 2 aliphatic rings. The molecule has 1 N–H and O–H groups in total. The zero-order chi connectivity index (χ0) is 10.8. The highest BCUT2D eigenvalue weighted by molar-refractivity contribution is 5.55. The molecule has 0 atom stereocenters. The molecule has 1 aromatic carbocycles. The van der Waals surface area contributed by atoms with Crippen LogP contribution >= 0.6 is 0 Å². The van der Waals surface area contributed by atoms with Crippen molar-refractivity contribution in [3.63, 3.8) is 0 Å². The highest BCUT2D eigenvalue weighted by Gasteiger charge is 2.21. The quantitative estimate of drug-likeness (QED) is 0.830. The molecule has 1 aliphatic heterocycles. The maximum Gasteiger partial charge on any atom is 0.0399 e. The Hall–Kier alpha value is -1.02. The summed E-state index contributed by atoms with van der Waals surface area (Å²) in [7, 11) is 0. The van der Waals surface area contributed by atoms with Gasteiger partial charge in [0.1, 0.15) is 0 Å². The number of fused-ring (bicyclic) bond motifs is 1. The number of hydrogen-bond acceptors (Lipinski definition) is 2. The average molecular weight is 216 g/mol. The molecule has 1 fully saturated rings. The first-order valence-electron chi connectivity index (χ1n) is 6.50. The summed E-state index contributed by atoms with van der Waals surface area (Å²) in [6.07, 6.45) is 5.33. The normalized spacial score (nSPS) is 19.6. The van der Waals surface area contributed by atoms with Gasteiger partial charge in [0.15, 0.2) is 0 Å². The molecule has 1 saturated carbocycles. The van der Waals surface area contributed by atoms with Gasteiger partial charge in [-0.3, -0.25) is 0 Å². The van der Waals surface area contributed by atoms with Crippen molar-refractivity contribution in [2.75, 3.05) is 24.5 Å². The summed E-state index contributed by atoms with van der Waals surface area (Å²) in [5.74, 6) is 0. The minimum absolute atomic E-state index is 0.833. The predicted molar refractivity (Wildman–Crippen MR) is 68.0 cm³/mol. The van der Waals surface area contributed by atoms with Gasteiger partial charge in [-0.05, 0) is 37.3 Å². The van der Waals surface area contributed by atoms with Crippen LogP contribution < -0.4 is 10.2 Å². The zero-order valence-corrected chi connectivity index (χ0v) is 9.78. The Morgan fingerprint density at radius 1 is 1.25 bits per heavy atom. The van der Waals surface area contributed by atoms with Gasteiger partial charge in [0.2, 0.25) is 0 Å². The number of para-hydroxylation sites is 1. The fraction of sp³-hybridized carbons (Fsp3) is 0.571. The fourth-order valence-electron chi connectivity index (χ4n) is 2.53. The molecule has 1 aromatic rings. The summed E-state index contributed by atoms with van der Waals surface area (Å²) in [6, 6.07) is 9.69. The van der Waals surface area contributed by atoms with Crippen LogP contribution in [0.5, 0.6) is 0 Å². The van der Waals surface area contributed by atoms with Gasteiger partial charge in [0, 0.05) is 31.4 Å². The van der Waals surface area contributed by atoms with E-state index in [1.54, 1.807) is 0 Å². The number of hydrogen-bond donors (Lipinski definition) is 1. The Morgan fingerprint density at radius 3 is 3.00 bits per heavy atom. The molecule has 16 heavy (non-hydrogen) atoms. The molecule has 2 heteroatoms. The summed E-state index contributed by atoms with van der Waals surface area (Å²) in [6.45, 7) is 3.52. The molecule has 86 valence electrons. The molecule has 1 heterocycles. The van der Waals surface area contributed by atoms with Crippen molar-refractivity contribution in [3.05, 3.63) is 29.8 Å². The number of aryl methyl sites for hydroxylation is 1. The Bertz CT molecular complexity index is 358. The van der Waals surface area contributed by atoms with Gasteiger partial charge >= 0.3 is 0 Å². The van der Waals surface area contributed by atoms with E-state index in [2.05, 4.69) is 34.5 Å². The molecule has 0 spiro atoms. The average Bonchev–Trinajstić information content (AvgIpc) is 3.13. The van der Waals surface area contributed by atoms with Crippen molar-refractivity contribution < 1.29 is 0 Å². The van der Waals surface area contributed by atoms with E-state index in [0.29, 0.717) is 0 Å². The molecular formula is C14H20N2. The van der Waals surface area contributed by atoms with Gasteiger partial charge in [-0.2, -0.15) is 0 Å². The lowest BCUT2D eigenvalue weighted by molar-refractivity contribution is 0.628. The molecule has 0 unspecified atom stereocenters. The number of nitrogens with zero attached hydrogens (tertiary/aromatic N) is 1. The van der Waals surface area contributed by atoms with Crippen molar-refractivity contribution in [2.24, 2.45) is 0 Å². The molecular weight excluding hydrogens is 196 g/mol. The molecule has 0 amide bonds. The lowest BCUT2D eigenvalue weighted by Crippen LogP contribution is -2.36. The Kier molecular flexibility index (Phi) is 2.83. The standard InChI is InChI=1S/C14H20N2/c1-2-6-14-12(4-1)5-3-10-16(14)11-9-15-13-7-8-13/h1-2,4,6,13,15H,3,5,7-11H2. The topological polar surface area (TPSA) is 15.3 Å². The molecule has 3 rings (SSSR count). The van der Waals surface area contributed by atoms with Crippen LogP contribution in [-0.4, -0.2) is 25.7 Å². The highest BCUT2D eigenvalue weighted by Crippen LogP contribution is 2.26. The Labute approximate surface area is 97.6 Å². The molecule has 0 bridgehead atoms. The second-order valence-electron chi connectivity index (χ2n) is 4.95. The largest absolute Gasteiger partial charge is 0.370 e. The van der Waals surface area contributed by atoms with Crippen molar-refractivity contribution in [1.82, 2.24) is 5.32 Å². The van der Waals surface area contributed by atoms with E-state index >= 15 is 0 Å². The van der Waals surface area contributed by atoms with Crippen molar-refractivity contribution in [2.45, 2.75) is 31.7 Å². The van der Waals surface area contributed by atoms with E-state index in [1.807, 2.05) is 0 Å². The van der Waals surface area contributed by atoms with Crippen LogP contribution in [0.1, 0.15) is 24.8 Å². The van der Waals surface area contributed by atoms with E-state index in [4.69, 9.17) is 0 Å².